The van der Waals surface area contributed by atoms with Crippen LogP contribution >= 0.6 is 0 Å². The van der Waals surface area contributed by atoms with Gasteiger partial charge in [0.25, 0.3) is 0 Å². The molecule has 2 N–H and O–H groups in total. The minimum absolute atomic E-state index is 0.0575. The van der Waals surface area contributed by atoms with Crippen LogP contribution in [-0.4, -0.2) is 9.78 Å². The molecule has 0 aliphatic carbocycles. The molecule has 0 saturated heterocycles. The number of nitrogens with zero attached hydrogens (tertiary/aromatic N) is 2. The number of aryl methyl sites for hydroxylation is 3. The minimum atomic E-state index is 0.0575. The fourth-order valence-electron chi connectivity index (χ4n) is 2.10. The van der Waals surface area contributed by atoms with E-state index in [1.165, 1.54) is 11.1 Å². The van der Waals surface area contributed by atoms with E-state index in [4.69, 9.17) is 5.73 Å². The van der Waals surface area contributed by atoms with E-state index >= 15 is 0 Å². The smallest absolute Gasteiger partial charge is 0.0548 e. The summed E-state index contributed by atoms with van der Waals surface area (Å²) < 4.78 is 1.85. The predicted molar refractivity (Wildman–Crippen MR) is 69.6 cm³/mol. The second-order valence-corrected chi connectivity index (χ2v) is 4.45. The second-order valence-electron chi connectivity index (χ2n) is 4.45. The van der Waals surface area contributed by atoms with Gasteiger partial charge in [-0.05, 0) is 37.0 Å². The maximum Gasteiger partial charge on any atom is 0.0548 e. The van der Waals surface area contributed by atoms with Crippen molar-refractivity contribution in [3.63, 3.8) is 0 Å². The van der Waals surface area contributed by atoms with Gasteiger partial charge in [0.2, 0.25) is 0 Å². The Kier molecular flexibility index (Phi) is 3.59. The van der Waals surface area contributed by atoms with Crippen LogP contribution in [-0.2, 0) is 13.5 Å². The molecule has 1 atom stereocenters. The first-order valence-corrected chi connectivity index (χ1v) is 5.96. The van der Waals surface area contributed by atoms with Gasteiger partial charge in [-0.15, -0.1) is 0 Å². The normalized spacial score (nSPS) is 12.6. The molecule has 0 aliphatic rings. The number of benzene rings is 1. The van der Waals surface area contributed by atoms with Gasteiger partial charge in [-0.2, -0.15) is 5.10 Å². The van der Waals surface area contributed by atoms with Crippen LogP contribution in [0, 0.1) is 6.92 Å². The highest BCUT2D eigenvalue weighted by Gasteiger charge is 2.10. The van der Waals surface area contributed by atoms with Crippen LogP contribution in [0.3, 0.4) is 0 Å². The van der Waals surface area contributed by atoms with Gasteiger partial charge < -0.3 is 5.73 Å². The highest BCUT2D eigenvalue weighted by molar-refractivity contribution is 5.25. The minimum Gasteiger partial charge on any atom is -0.323 e. The Labute approximate surface area is 102 Å². The van der Waals surface area contributed by atoms with Gasteiger partial charge in [0.1, 0.15) is 0 Å². The average Bonchev–Trinajstić information content (AvgIpc) is 2.74. The molecule has 0 radical (unpaired) electrons. The highest BCUT2D eigenvalue weighted by atomic mass is 15.3. The quantitative estimate of drug-likeness (QED) is 0.874. The lowest BCUT2D eigenvalue weighted by Crippen LogP contribution is -2.15. The Morgan fingerprint density at radius 3 is 2.71 bits per heavy atom. The van der Waals surface area contributed by atoms with Crippen LogP contribution in [0.2, 0.25) is 0 Å². The predicted octanol–water partition coefficient (Wildman–Crippen LogP) is 2.36. The van der Waals surface area contributed by atoms with Gasteiger partial charge in [-0.25, -0.2) is 0 Å². The van der Waals surface area contributed by atoms with Crippen molar-refractivity contribution in [2.24, 2.45) is 12.8 Å². The van der Waals surface area contributed by atoms with Crippen molar-refractivity contribution >= 4 is 0 Å². The van der Waals surface area contributed by atoms with Gasteiger partial charge in [-0.1, -0.05) is 24.3 Å². The lowest BCUT2D eigenvalue weighted by Gasteiger charge is -2.12. The molecule has 3 nitrogen and oxygen atoms in total. The molecule has 2 rings (SSSR count). The molecule has 1 heterocycles. The van der Waals surface area contributed by atoms with E-state index in [0.29, 0.717) is 0 Å². The monoisotopic (exact) mass is 229 g/mol. The Bertz CT molecular complexity index is 488. The first kappa shape index (κ1) is 11.9. The Balaban J connectivity index is 2.00. The van der Waals surface area contributed by atoms with Gasteiger partial charge in [-0.3, -0.25) is 4.68 Å². The largest absolute Gasteiger partial charge is 0.323 e. The highest BCUT2D eigenvalue weighted by Crippen LogP contribution is 2.17. The summed E-state index contributed by atoms with van der Waals surface area (Å²) in [6.07, 6.45) is 3.76. The summed E-state index contributed by atoms with van der Waals surface area (Å²) >= 11 is 0. The van der Waals surface area contributed by atoms with Crippen molar-refractivity contribution in [3.05, 3.63) is 53.3 Å². The van der Waals surface area contributed by atoms with Crippen molar-refractivity contribution in [1.82, 2.24) is 9.78 Å². The summed E-state index contributed by atoms with van der Waals surface area (Å²) in [7, 11) is 1.93. The first-order valence-electron chi connectivity index (χ1n) is 5.96. The molecule has 17 heavy (non-hydrogen) atoms. The maximum absolute atomic E-state index is 6.18. The van der Waals surface area contributed by atoms with Crippen molar-refractivity contribution in [2.75, 3.05) is 0 Å². The van der Waals surface area contributed by atoms with Crippen molar-refractivity contribution < 1.29 is 0 Å². The van der Waals surface area contributed by atoms with Gasteiger partial charge in [0.05, 0.1) is 5.69 Å². The molecular weight excluding hydrogens is 210 g/mol. The summed E-state index contributed by atoms with van der Waals surface area (Å²) in [5.74, 6) is 0. The second kappa shape index (κ2) is 5.15. The molecule has 1 aromatic carbocycles. The Hall–Kier alpha value is -1.61. The van der Waals surface area contributed by atoms with Gasteiger partial charge in [0, 0.05) is 19.3 Å². The third kappa shape index (κ3) is 2.74. The molecule has 90 valence electrons. The molecule has 0 spiro atoms. The zero-order valence-corrected chi connectivity index (χ0v) is 10.4. The average molecular weight is 229 g/mol. The van der Waals surface area contributed by atoms with E-state index in [1.54, 1.807) is 6.20 Å². The molecule has 0 aliphatic heterocycles. The first-order chi connectivity index (χ1) is 8.18. The maximum atomic E-state index is 6.18. The number of aromatic nitrogens is 2. The SMILES string of the molecule is Cc1ccccc1CCC(N)c1ccnn1C. The van der Waals surface area contributed by atoms with Crippen molar-refractivity contribution in [2.45, 2.75) is 25.8 Å². The summed E-state index contributed by atoms with van der Waals surface area (Å²) in [6, 6.07) is 10.5. The van der Waals surface area contributed by atoms with Crippen LogP contribution in [0.1, 0.15) is 29.3 Å². The van der Waals surface area contributed by atoms with Crippen LogP contribution in [0.25, 0.3) is 0 Å². The number of hydrogen-bond donors (Lipinski definition) is 1. The standard InChI is InChI=1S/C14H19N3/c1-11-5-3-4-6-12(11)7-8-13(15)14-9-10-16-17(14)2/h3-6,9-10,13H,7-8,15H2,1-2H3. The van der Waals surface area contributed by atoms with E-state index in [0.717, 1.165) is 18.5 Å². The van der Waals surface area contributed by atoms with Crippen LogP contribution < -0.4 is 5.73 Å². The van der Waals surface area contributed by atoms with Gasteiger partial charge >= 0.3 is 0 Å². The molecule has 3 heteroatoms. The lowest BCUT2D eigenvalue weighted by molar-refractivity contribution is 0.581. The Morgan fingerprint density at radius 2 is 2.06 bits per heavy atom. The third-order valence-electron chi connectivity index (χ3n) is 3.22. The number of rotatable bonds is 4. The van der Waals surface area contributed by atoms with E-state index in [-0.39, 0.29) is 6.04 Å². The topological polar surface area (TPSA) is 43.8 Å². The summed E-state index contributed by atoms with van der Waals surface area (Å²) in [6.45, 7) is 2.14. The molecular formula is C14H19N3. The van der Waals surface area contributed by atoms with Crippen LogP contribution in [0.4, 0.5) is 0 Å². The van der Waals surface area contributed by atoms with Crippen molar-refractivity contribution in [3.8, 4) is 0 Å². The molecule has 1 aromatic heterocycles. The Morgan fingerprint density at radius 1 is 1.29 bits per heavy atom. The number of nitrogens with two attached hydrogens (primary N) is 1. The summed E-state index contributed by atoms with van der Waals surface area (Å²) in [4.78, 5) is 0. The summed E-state index contributed by atoms with van der Waals surface area (Å²) in [5.41, 5.74) is 9.99. The fourth-order valence-corrected chi connectivity index (χ4v) is 2.10. The zero-order chi connectivity index (χ0) is 12.3. The molecule has 1 unspecified atom stereocenters. The summed E-state index contributed by atoms with van der Waals surface area (Å²) in [5, 5.41) is 4.15. The molecule has 0 saturated carbocycles. The molecule has 2 aromatic rings. The fraction of sp³-hybridized carbons (Fsp3) is 0.357. The molecule has 0 amide bonds. The van der Waals surface area contributed by atoms with Crippen molar-refractivity contribution in [1.29, 1.82) is 0 Å². The zero-order valence-electron chi connectivity index (χ0n) is 10.4. The lowest BCUT2D eigenvalue weighted by atomic mass is 10.00. The van der Waals surface area contributed by atoms with Crippen LogP contribution in [0.5, 0.6) is 0 Å². The van der Waals surface area contributed by atoms with Gasteiger partial charge in [0.15, 0.2) is 0 Å². The van der Waals surface area contributed by atoms with Crippen LogP contribution in [0.15, 0.2) is 36.5 Å². The molecule has 0 bridgehead atoms. The molecule has 0 fully saturated rings. The van der Waals surface area contributed by atoms with E-state index in [2.05, 4.69) is 36.3 Å². The third-order valence-corrected chi connectivity index (χ3v) is 3.22. The van der Waals surface area contributed by atoms with E-state index < -0.39 is 0 Å². The van der Waals surface area contributed by atoms with E-state index in [9.17, 15) is 0 Å². The number of hydrogen-bond acceptors (Lipinski definition) is 2. The van der Waals surface area contributed by atoms with E-state index in [1.807, 2.05) is 17.8 Å².